The van der Waals surface area contributed by atoms with Crippen molar-refractivity contribution in [1.82, 2.24) is 4.98 Å². The molecule has 0 aliphatic carbocycles. The molecule has 0 bridgehead atoms. The van der Waals surface area contributed by atoms with Gasteiger partial charge in [-0.15, -0.1) is 0 Å². The standard InChI is InChI=1S/C19H13NO7S/c21-16(22)7-28-19-20-17(10-1-3-12-14(5-10)25-8-23-12)18(27-19)11-2-4-13-15(6-11)26-9-24-13/h1-6H,7-9H2,(H,21,22). The van der Waals surface area contributed by atoms with Crippen LogP contribution in [0.15, 0.2) is 46.0 Å². The smallest absolute Gasteiger partial charge is 0.314 e. The topological polar surface area (TPSA) is 100 Å². The third kappa shape index (κ3) is 2.99. The van der Waals surface area contributed by atoms with Crippen LogP contribution in [-0.4, -0.2) is 35.4 Å². The van der Waals surface area contributed by atoms with Crippen LogP contribution in [0.1, 0.15) is 0 Å². The number of aliphatic carboxylic acids is 1. The monoisotopic (exact) mass is 399 g/mol. The minimum atomic E-state index is -0.947. The number of nitrogens with zero attached hydrogens (tertiary/aromatic N) is 1. The molecule has 0 unspecified atom stereocenters. The van der Waals surface area contributed by atoms with E-state index in [1.807, 2.05) is 24.3 Å². The van der Waals surface area contributed by atoms with Crippen LogP contribution in [-0.2, 0) is 4.79 Å². The highest BCUT2D eigenvalue weighted by Crippen LogP contribution is 2.43. The van der Waals surface area contributed by atoms with E-state index in [9.17, 15) is 4.79 Å². The molecule has 3 heterocycles. The van der Waals surface area contributed by atoms with E-state index >= 15 is 0 Å². The van der Waals surface area contributed by atoms with Crippen molar-refractivity contribution in [3.63, 3.8) is 0 Å². The van der Waals surface area contributed by atoms with Crippen molar-refractivity contribution >= 4 is 17.7 Å². The summed E-state index contributed by atoms with van der Waals surface area (Å²) in [4.78, 5) is 15.4. The number of fused-ring (bicyclic) bond motifs is 2. The Bertz CT molecular complexity index is 1000. The van der Waals surface area contributed by atoms with Crippen LogP contribution in [0.5, 0.6) is 23.0 Å². The normalized spacial score (nSPS) is 13.7. The number of benzene rings is 2. The first-order chi connectivity index (χ1) is 13.7. The lowest BCUT2D eigenvalue weighted by Crippen LogP contribution is -1.97. The second kappa shape index (κ2) is 6.68. The molecule has 1 aromatic heterocycles. The lowest BCUT2D eigenvalue weighted by molar-refractivity contribution is -0.133. The number of aromatic nitrogens is 1. The van der Waals surface area contributed by atoms with Crippen molar-refractivity contribution in [2.75, 3.05) is 19.3 Å². The molecule has 8 nitrogen and oxygen atoms in total. The van der Waals surface area contributed by atoms with Gasteiger partial charge in [0, 0.05) is 11.1 Å². The van der Waals surface area contributed by atoms with E-state index in [4.69, 9.17) is 28.5 Å². The van der Waals surface area contributed by atoms with E-state index in [1.165, 1.54) is 0 Å². The number of hydrogen-bond donors (Lipinski definition) is 1. The molecule has 3 aromatic rings. The lowest BCUT2D eigenvalue weighted by atomic mass is 10.0. The van der Waals surface area contributed by atoms with Gasteiger partial charge in [0.15, 0.2) is 28.8 Å². The molecule has 0 amide bonds. The van der Waals surface area contributed by atoms with Crippen molar-refractivity contribution in [2.45, 2.75) is 5.22 Å². The SMILES string of the molecule is O=C(O)CSc1nc(-c2ccc3c(c2)OCO3)c(-c2ccc3c(c2)OCO3)o1. The van der Waals surface area contributed by atoms with Gasteiger partial charge in [-0.1, -0.05) is 11.8 Å². The van der Waals surface area contributed by atoms with Gasteiger partial charge in [0.2, 0.25) is 13.6 Å². The third-order valence-corrected chi connectivity index (χ3v) is 5.02. The van der Waals surface area contributed by atoms with Gasteiger partial charge in [0.25, 0.3) is 5.22 Å². The molecule has 1 N–H and O–H groups in total. The van der Waals surface area contributed by atoms with Gasteiger partial charge >= 0.3 is 5.97 Å². The predicted molar refractivity (Wildman–Crippen MR) is 98.0 cm³/mol. The number of hydrogen-bond acceptors (Lipinski definition) is 8. The van der Waals surface area contributed by atoms with Crippen LogP contribution in [0.25, 0.3) is 22.6 Å². The highest BCUT2D eigenvalue weighted by atomic mass is 32.2. The molecular weight excluding hydrogens is 386 g/mol. The Labute approximate surface area is 163 Å². The fourth-order valence-corrected chi connectivity index (χ4v) is 3.50. The van der Waals surface area contributed by atoms with Crippen LogP contribution < -0.4 is 18.9 Å². The number of ether oxygens (including phenoxy) is 4. The van der Waals surface area contributed by atoms with Crippen LogP contribution in [0, 0.1) is 0 Å². The molecular formula is C19H13NO7S. The van der Waals surface area contributed by atoms with E-state index in [0.717, 1.165) is 22.9 Å². The maximum Gasteiger partial charge on any atom is 0.314 e. The first kappa shape index (κ1) is 16.8. The van der Waals surface area contributed by atoms with E-state index < -0.39 is 5.97 Å². The molecule has 0 saturated heterocycles. The van der Waals surface area contributed by atoms with Crippen molar-refractivity contribution in [1.29, 1.82) is 0 Å². The summed E-state index contributed by atoms with van der Waals surface area (Å²) in [5.41, 5.74) is 2.08. The Morgan fingerprint density at radius 2 is 1.54 bits per heavy atom. The van der Waals surface area contributed by atoms with Gasteiger partial charge in [-0.3, -0.25) is 4.79 Å². The number of carboxylic acids is 1. The lowest BCUT2D eigenvalue weighted by Gasteiger charge is -2.04. The Morgan fingerprint density at radius 1 is 0.929 bits per heavy atom. The number of oxazole rings is 1. The summed E-state index contributed by atoms with van der Waals surface area (Å²) in [5, 5.41) is 9.21. The Morgan fingerprint density at radius 3 is 2.21 bits per heavy atom. The minimum Gasteiger partial charge on any atom is -0.481 e. The highest BCUT2D eigenvalue weighted by Gasteiger charge is 2.23. The zero-order valence-corrected chi connectivity index (χ0v) is 15.2. The number of carboxylic acid groups (broad SMARTS) is 1. The summed E-state index contributed by atoms with van der Waals surface area (Å²) in [7, 11) is 0. The average molecular weight is 399 g/mol. The van der Waals surface area contributed by atoms with Crippen molar-refractivity contribution in [2.24, 2.45) is 0 Å². The largest absolute Gasteiger partial charge is 0.481 e. The van der Waals surface area contributed by atoms with Crippen LogP contribution >= 0.6 is 11.8 Å². The number of rotatable bonds is 5. The summed E-state index contributed by atoms with van der Waals surface area (Å²) in [6.07, 6.45) is 0. The molecule has 0 spiro atoms. The molecule has 0 radical (unpaired) electrons. The second-order valence-corrected chi connectivity index (χ2v) is 6.90. The Balaban J connectivity index is 1.59. The van der Waals surface area contributed by atoms with Gasteiger partial charge < -0.3 is 28.5 Å². The van der Waals surface area contributed by atoms with Crippen molar-refractivity contribution < 1.29 is 33.3 Å². The van der Waals surface area contributed by atoms with Crippen LogP contribution in [0.4, 0.5) is 0 Å². The molecule has 0 fully saturated rings. The Kier molecular flexibility index (Phi) is 4.01. The summed E-state index contributed by atoms with van der Waals surface area (Å²) < 4.78 is 27.5. The zero-order valence-electron chi connectivity index (χ0n) is 14.3. The number of carbonyl (C=O) groups is 1. The van der Waals surface area contributed by atoms with Gasteiger partial charge in [0.05, 0.1) is 0 Å². The molecule has 9 heteroatoms. The summed E-state index contributed by atoms with van der Waals surface area (Å²) in [6.45, 7) is 0.344. The number of thioether (sulfide) groups is 1. The third-order valence-electron chi connectivity index (χ3n) is 4.21. The fourth-order valence-electron chi connectivity index (χ4n) is 2.96. The molecule has 28 heavy (non-hydrogen) atoms. The minimum absolute atomic E-state index is 0.151. The predicted octanol–water partition coefficient (Wildman–Crippen LogP) is 3.64. The first-order valence-corrected chi connectivity index (χ1v) is 9.31. The highest BCUT2D eigenvalue weighted by molar-refractivity contribution is 7.99. The van der Waals surface area contributed by atoms with Gasteiger partial charge in [-0.05, 0) is 36.4 Å². The summed E-state index contributed by atoms with van der Waals surface area (Å²) in [5.74, 6) is 1.97. The van der Waals surface area contributed by atoms with Gasteiger partial charge in [0.1, 0.15) is 11.4 Å². The summed E-state index contributed by atoms with van der Waals surface area (Å²) in [6, 6.07) is 10.9. The van der Waals surface area contributed by atoms with E-state index in [-0.39, 0.29) is 24.6 Å². The molecule has 2 aliphatic rings. The Hall–Kier alpha value is -3.33. The van der Waals surface area contributed by atoms with Crippen LogP contribution in [0.3, 0.4) is 0 Å². The maximum atomic E-state index is 10.9. The van der Waals surface area contributed by atoms with Crippen molar-refractivity contribution in [3.8, 4) is 45.6 Å². The zero-order chi connectivity index (χ0) is 19.1. The molecule has 142 valence electrons. The van der Waals surface area contributed by atoms with Crippen LogP contribution in [0.2, 0.25) is 0 Å². The molecule has 2 aliphatic heterocycles. The molecule has 2 aromatic carbocycles. The van der Waals surface area contributed by atoms with E-state index in [0.29, 0.717) is 34.5 Å². The molecule has 0 atom stereocenters. The van der Waals surface area contributed by atoms with Gasteiger partial charge in [-0.2, -0.15) is 0 Å². The quantitative estimate of drug-likeness (QED) is 0.644. The maximum absolute atomic E-state index is 10.9. The first-order valence-electron chi connectivity index (χ1n) is 8.33. The van der Waals surface area contributed by atoms with Crippen molar-refractivity contribution in [3.05, 3.63) is 36.4 Å². The summed E-state index contributed by atoms with van der Waals surface area (Å²) >= 11 is 1.01. The second-order valence-electron chi connectivity index (χ2n) is 5.98. The van der Waals surface area contributed by atoms with E-state index in [2.05, 4.69) is 4.98 Å². The molecule has 5 rings (SSSR count). The fraction of sp³-hybridized carbons (Fsp3) is 0.158. The van der Waals surface area contributed by atoms with Gasteiger partial charge in [-0.25, -0.2) is 4.98 Å². The molecule has 0 saturated carbocycles. The van der Waals surface area contributed by atoms with E-state index in [1.54, 1.807) is 12.1 Å². The average Bonchev–Trinajstić information content (AvgIpc) is 3.43.